The van der Waals surface area contributed by atoms with E-state index in [2.05, 4.69) is 128 Å². The Morgan fingerprint density at radius 3 is 1.33 bits per heavy atom. The monoisotopic (exact) mass is 766 g/mol. The molecule has 0 spiro atoms. The van der Waals surface area contributed by atoms with Crippen molar-refractivity contribution in [2.45, 2.75) is 109 Å². The summed E-state index contributed by atoms with van der Waals surface area (Å²) in [7, 11) is 0. The first-order chi connectivity index (χ1) is 22.7. The molecule has 0 saturated carbocycles. The number of rotatable bonds is 10. The summed E-state index contributed by atoms with van der Waals surface area (Å²) in [4.78, 5) is 0. The van der Waals surface area contributed by atoms with Crippen LogP contribution >= 0.6 is 0 Å². The molecule has 0 nitrogen and oxygen atoms in total. The Morgan fingerprint density at radius 1 is 0.571 bits per heavy atom. The van der Waals surface area contributed by atoms with Gasteiger partial charge in [0.15, 0.2) is 0 Å². The maximum atomic E-state index is 2.73. The van der Waals surface area contributed by atoms with E-state index in [-0.39, 0.29) is 24.8 Å². The fourth-order valence-corrected chi connectivity index (χ4v) is 27.4. The number of unbranched alkanes of at least 4 members (excludes halogenated alkanes) is 2. The van der Waals surface area contributed by atoms with Crippen LogP contribution in [-0.2, 0) is 20.3 Å². The van der Waals surface area contributed by atoms with Crippen LogP contribution in [0.4, 0.5) is 0 Å². The van der Waals surface area contributed by atoms with Gasteiger partial charge in [-0.25, -0.2) is 0 Å². The minimum absolute atomic E-state index is 0. The van der Waals surface area contributed by atoms with Gasteiger partial charge in [-0.15, -0.1) is 0 Å². The first-order valence-electron chi connectivity index (χ1n) is 18.5. The molecule has 1 heterocycles. The smallest absolute Gasteiger partial charge is 1.00 e. The average Bonchev–Trinajstić information content (AvgIpc) is 3.60. The van der Waals surface area contributed by atoms with Crippen molar-refractivity contribution in [1.29, 1.82) is 0 Å². The van der Waals surface area contributed by atoms with Crippen molar-refractivity contribution < 1.29 is 45.1 Å². The number of aryl methyl sites for hydroxylation is 4. The predicted octanol–water partition coefficient (Wildman–Crippen LogP) is 7.84. The van der Waals surface area contributed by atoms with Gasteiger partial charge in [-0.05, 0) is 0 Å². The molecule has 1 fully saturated rings. The summed E-state index contributed by atoms with van der Waals surface area (Å²) < 4.78 is 4.43. The maximum Gasteiger partial charge on any atom is -1.00 e. The van der Waals surface area contributed by atoms with Gasteiger partial charge in [-0.1, -0.05) is 0 Å². The van der Waals surface area contributed by atoms with Crippen LogP contribution in [0.15, 0.2) is 71.8 Å². The zero-order valence-electron chi connectivity index (χ0n) is 31.0. The Balaban J connectivity index is 0.00000234. The molecule has 0 N–H and O–H groups in total. The van der Waals surface area contributed by atoms with Crippen LogP contribution in [0.1, 0.15) is 115 Å². The first kappa shape index (κ1) is 38.1. The summed E-state index contributed by atoms with van der Waals surface area (Å²) in [5, 5.41) is 0. The van der Waals surface area contributed by atoms with E-state index in [0.29, 0.717) is 7.25 Å². The second kappa shape index (κ2) is 15.2. The average molecular weight is 769 g/mol. The minimum Gasteiger partial charge on any atom is -1.00 e. The second-order valence-corrected chi connectivity index (χ2v) is 26.7. The molecule has 2 aliphatic carbocycles. The number of allylic oxidation sites excluding steroid dienone is 2. The van der Waals surface area contributed by atoms with Gasteiger partial charge in [0.25, 0.3) is 0 Å². The van der Waals surface area contributed by atoms with Crippen molar-refractivity contribution in [2.24, 2.45) is 0 Å². The summed E-state index contributed by atoms with van der Waals surface area (Å²) in [5.74, 6) is 0. The molecule has 1 aliphatic heterocycles. The van der Waals surface area contributed by atoms with Crippen LogP contribution in [0.5, 0.6) is 0 Å². The Hall–Kier alpha value is -2.18. The Kier molecular flexibility index (Phi) is 11.8. The topological polar surface area (TPSA) is 0 Å². The Labute approximate surface area is 314 Å². The SMILES string of the molecule is CCCCC1=Cc2c(-c3cccc(C)c3)cc(C)c(C)c2[CH]1[Zr+2]1([CH]2C(CCCC)=Cc3c(-c4cccc(C)c4)cc(C)c(C)c32)[CH2][CH2]1.[Cl-].[Cl-]. The molecule has 0 aromatic heterocycles. The normalized spacial score (nSPS) is 17.6. The summed E-state index contributed by atoms with van der Waals surface area (Å²) >= 11 is -2.89. The van der Waals surface area contributed by atoms with Crippen LogP contribution in [0, 0.1) is 41.5 Å². The van der Waals surface area contributed by atoms with E-state index in [1.165, 1.54) is 91.3 Å². The fourth-order valence-electron chi connectivity index (χ4n) is 9.39. The molecule has 3 heteroatoms. The van der Waals surface area contributed by atoms with Crippen LogP contribution in [0.2, 0.25) is 8.26 Å². The third-order valence-electron chi connectivity index (χ3n) is 12.1. The number of hydrogen-bond donors (Lipinski definition) is 0. The fraction of sp³-hybridized carbons (Fsp3) is 0.391. The van der Waals surface area contributed by atoms with Crippen LogP contribution < -0.4 is 24.8 Å². The predicted molar refractivity (Wildman–Crippen MR) is 202 cm³/mol. The summed E-state index contributed by atoms with van der Waals surface area (Å²) in [6.45, 7) is 18.9. The Bertz CT molecular complexity index is 1800. The van der Waals surface area contributed by atoms with Crippen molar-refractivity contribution in [2.75, 3.05) is 0 Å². The zero-order chi connectivity index (χ0) is 33.0. The standard InChI is InChI=1S/2C22H25.C2H4.2ClH.Zr/c2*1-5-6-9-18-13-20-17(4)16(3)12-21(22(20)14-18)19-10-7-8-15(2)11-19;1-2;;;/h2*7-8,10-14H,5-6,9H2,1-4H3;1-2H2;2*1H;/q;;;;;+2/p-2. The van der Waals surface area contributed by atoms with E-state index in [1.807, 2.05) is 0 Å². The third kappa shape index (κ3) is 6.67. The number of halogens is 2. The molecule has 2 atom stereocenters. The molecule has 4 aromatic rings. The van der Waals surface area contributed by atoms with Gasteiger partial charge < -0.3 is 24.8 Å². The molecule has 49 heavy (non-hydrogen) atoms. The number of hydrogen-bond acceptors (Lipinski definition) is 0. The zero-order valence-corrected chi connectivity index (χ0v) is 35.0. The molecule has 2 unspecified atom stereocenters. The molecule has 7 rings (SSSR count). The maximum absolute atomic E-state index is 2.89. The van der Waals surface area contributed by atoms with E-state index in [4.69, 9.17) is 0 Å². The van der Waals surface area contributed by atoms with Crippen molar-refractivity contribution in [3.05, 3.63) is 127 Å². The summed E-state index contributed by atoms with van der Waals surface area (Å²) in [6.07, 6.45) is 13.1. The largest absolute Gasteiger partial charge is 1.00 e. The van der Waals surface area contributed by atoms with Crippen molar-refractivity contribution in [1.82, 2.24) is 0 Å². The van der Waals surface area contributed by atoms with E-state index in [1.54, 1.807) is 44.5 Å². The van der Waals surface area contributed by atoms with Gasteiger partial charge in [0.2, 0.25) is 0 Å². The molecular weight excluding hydrogens is 715 g/mol. The third-order valence-corrected chi connectivity index (χ3v) is 25.1. The van der Waals surface area contributed by atoms with Gasteiger partial charge in [0, 0.05) is 0 Å². The second-order valence-electron chi connectivity index (χ2n) is 15.4. The Morgan fingerprint density at radius 2 is 0.980 bits per heavy atom. The van der Waals surface area contributed by atoms with Crippen LogP contribution in [-0.4, -0.2) is 0 Å². The van der Waals surface area contributed by atoms with Gasteiger partial charge >= 0.3 is 292 Å². The van der Waals surface area contributed by atoms with E-state index >= 15 is 0 Å². The molecule has 1 saturated heterocycles. The molecule has 256 valence electrons. The van der Waals surface area contributed by atoms with Crippen molar-refractivity contribution in [3.8, 4) is 22.3 Å². The van der Waals surface area contributed by atoms with Gasteiger partial charge in [0.05, 0.1) is 0 Å². The van der Waals surface area contributed by atoms with Crippen molar-refractivity contribution >= 4 is 12.2 Å². The van der Waals surface area contributed by atoms with Crippen LogP contribution in [0.3, 0.4) is 0 Å². The minimum atomic E-state index is -2.89. The molecule has 0 amide bonds. The molecular formula is C46H54Cl2Zr. The van der Waals surface area contributed by atoms with Gasteiger partial charge in [-0.2, -0.15) is 0 Å². The molecule has 3 aliphatic rings. The van der Waals surface area contributed by atoms with E-state index in [9.17, 15) is 0 Å². The number of benzene rings is 4. The molecule has 0 radical (unpaired) electrons. The first-order valence-corrected chi connectivity index (χ1v) is 24.8. The quantitative estimate of drug-likeness (QED) is 0.154. The van der Waals surface area contributed by atoms with E-state index < -0.39 is 20.3 Å². The van der Waals surface area contributed by atoms with Crippen LogP contribution in [0.25, 0.3) is 34.4 Å². The van der Waals surface area contributed by atoms with Gasteiger partial charge in [0.1, 0.15) is 0 Å². The molecule has 0 bridgehead atoms. The summed E-state index contributed by atoms with van der Waals surface area (Å²) in [5.41, 5.74) is 24.7. The van der Waals surface area contributed by atoms with Gasteiger partial charge in [-0.3, -0.25) is 0 Å². The van der Waals surface area contributed by atoms with E-state index in [0.717, 1.165) is 0 Å². The molecule has 4 aromatic carbocycles. The van der Waals surface area contributed by atoms with Crippen molar-refractivity contribution in [3.63, 3.8) is 0 Å². The number of fused-ring (bicyclic) bond motifs is 2. The summed E-state index contributed by atoms with van der Waals surface area (Å²) in [6, 6.07) is 23.5.